The molecule has 16 heavy (non-hydrogen) atoms. The van der Waals surface area contributed by atoms with E-state index in [4.69, 9.17) is 0 Å². The third kappa shape index (κ3) is 1.87. The van der Waals surface area contributed by atoms with Gasteiger partial charge >= 0.3 is 0 Å². The molecule has 2 rings (SSSR count). The monoisotopic (exact) mass is 214 g/mol. The van der Waals surface area contributed by atoms with Crippen molar-refractivity contribution in [1.82, 2.24) is 0 Å². The van der Waals surface area contributed by atoms with Crippen LogP contribution in [-0.4, -0.2) is 10.2 Å². The lowest BCUT2D eigenvalue weighted by Gasteiger charge is -2.07. The molecule has 0 saturated carbocycles. The van der Waals surface area contributed by atoms with Crippen LogP contribution in [0.25, 0.3) is 11.1 Å². The summed E-state index contributed by atoms with van der Waals surface area (Å²) < 4.78 is 0. The zero-order valence-electron chi connectivity index (χ0n) is 9.36. The molecule has 0 radical (unpaired) electrons. The van der Waals surface area contributed by atoms with E-state index in [1.807, 2.05) is 25.1 Å². The molecule has 0 saturated heterocycles. The Balaban J connectivity index is 2.54. The van der Waals surface area contributed by atoms with E-state index in [1.165, 1.54) is 17.2 Å². The zero-order valence-corrected chi connectivity index (χ0v) is 9.36. The van der Waals surface area contributed by atoms with E-state index >= 15 is 0 Å². The van der Waals surface area contributed by atoms with E-state index < -0.39 is 0 Å². The highest BCUT2D eigenvalue weighted by molar-refractivity contribution is 5.71. The fraction of sp³-hybridized carbons (Fsp3) is 0.143. The Kier molecular flexibility index (Phi) is 2.57. The Morgan fingerprint density at radius 1 is 0.812 bits per heavy atom. The molecule has 0 atom stereocenters. The number of aryl methyl sites for hydroxylation is 2. The molecule has 0 spiro atoms. The topological polar surface area (TPSA) is 40.5 Å². The number of phenols is 2. The third-order valence-electron chi connectivity index (χ3n) is 2.80. The van der Waals surface area contributed by atoms with Gasteiger partial charge in [0.2, 0.25) is 0 Å². The lowest BCUT2D eigenvalue weighted by molar-refractivity contribution is 0.452. The average molecular weight is 214 g/mol. The molecule has 0 amide bonds. The zero-order chi connectivity index (χ0) is 11.7. The van der Waals surface area contributed by atoms with Crippen molar-refractivity contribution < 1.29 is 10.2 Å². The minimum absolute atomic E-state index is 0.0742. The van der Waals surface area contributed by atoms with Gasteiger partial charge in [-0.1, -0.05) is 18.2 Å². The molecule has 0 aromatic heterocycles. The lowest BCUT2D eigenvalue weighted by atomic mass is 10.00. The molecule has 0 aliphatic carbocycles. The van der Waals surface area contributed by atoms with Gasteiger partial charge in [0.25, 0.3) is 0 Å². The maximum atomic E-state index is 9.74. The fourth-order valence-electron chi connectivity index (χ4n) is 1.67. The number of benzene rings is 2. The molecule has 0 unspecified atom stereocenters. The van der Waals surface area contributed by atoms with Gasteiger partial charge in [0, 0.05) is 11.6 Å². The summed E-state index contributed by atoms with van der Waals surface area (Å²) in [5, 5.41) is 19.0. The maximum absolute atomic E-state index is 9.74. The Bertz CT molecular complexity index is 530. The summed E-state index contributed by atoms with van der Waals surface area (Å²) in [6.45, 7) is 4.09. The second-order valence-electron chi connectivity index (χ2n) is 4.00. The molecule has 0 bridgehead atoms. The maximum Gasteiger partial charge on any atom is 0.127 e. The van der Waals surface area contributed by atoms with Gasteiger partial charge in [0.1, 0.15) is 11.5 Å². The minimum atomic E-state index is 0.0742. The third-order valence-corrected chi connectivity index (χ3v) is 2.80. The average Bonchev–Trinajstić information content (AvgIpc) is 2.22. The van der Waals surface area contributed by atoms with E-state index in [2.05, 4.69) is 6.92 Å². The number of hydrogen-bond acceptors (Lipinski definition) is 2. The summed E-state index contributed by atoms with van der Waals surface area (Å²) in [4.78, 5) is 0. The van der Waals surface area contributed by atoms with Crippen LogP contribution in [0.2, 0.25) is 0 Å². The van der Waals surface area contributed by atoms with Gasteiger partial charge in [-0.15, -0.1) is 0 Å². The first kappa shape index (κ1) is 10.6. The van der Waals surface area contributed by atoms with E-state index in [-0.39, 0.29) is 11.5 Å². The summed E-state index contributed by atoms with van der Waals surface area (Å²) >= 11 is 0. The number of phenolic OH excluding ortho intramolecular Hbond substituents is 2. The van der Waals surface area contributed by atoms with Crippen molar-refractivity contribution >= 4 is 0 Å². The first-order valence-electron chi connectivity index (χ1n) is 5.17. The van der Waals surface area contributed by atoms with Gasteiger partial charge < -0.3 is 10.2 Å². The molecule has 0 aliphatic heterocycles. The molecule has 0 heterocycles. The van der Waals surface area contributed by atoms with Crippen LogP contribution in [0, 0.1) is 13.8 Å². The standard InChI is InChI=1S/C14H14O2/c1-9-3-4-11(7-10(9)2)13-6-5-12(15)8-14(13)16/h3-8,15-16H,1-2H3. The molecule has 2 aromatic carbocycles. The highest BCUT2D eigenvalue weighted by atomic mass is 16.3. The van der Waals surface area contributed by atoms with Gasteiger partial charge in [-0.05, 0) is 42.7 Å². The molecule has 82 valence electrons. The molecule has 0 fully saturated rings. The highest BCUT2D eigenvalue weighted by Crippen LogP contribution is 2.32. The van der Waals surface area contributed by atoms with Crippen LogP contribution in [0.15, 0.2) is 36.4 Å². The van der Waals surface area contributed by atoms with Crippen molar-refractivity contribution in [1.29, 1.82) is 0 Å². The highest BCUT2D eigenvalue weighted by Gasteiger charge is 2.05. The fourth-order valence-corrected chi connectivity index (χ4v) is 1.67. The van der Waals surface area contributed by atoms with Crippen molar-refractivity contribution in [2.45, 2.75) is 13.8 Å². The van der Waals surface area contributed by atoms with Crippen molar-refractivity contribution in [2.75, 3.05) is 0 Å². The molecule has 2 N–H and O–H groups in total. The van der Waals surface area contributed by atoms with Crippen molar-refractivity contribution in [2.24, 2.45) is 0 Å². The van der Waals surface area contributed by atoms with Gasteiger partial charge in [-0.3, -0.25) is 0 Å². The molecule has 2 aromatic rings. The summed E-state index contributed by atoms with van der Waals surface area (Å²) in [5.74, 6) is 0.174. The Labute approximate surface area is 94.8 Å². The largest absolute Gasteiger partial charge is 0.508 e. The van der Waals surface area contributed by atoms with Crippen molar-refractivity contribution in [3.05, 3.63) is 47.5 Å². The van der Waals surface area contributed by atoms with Gasteiger partial charge in [0.15, 0.2) is 0 Å². The van der Waals surface area contributed by atoms with Crippen LogP contribution in [0.4, 0.5) is 0 Å². The summed E-state index contributed by atoms with van der Waals surface area (Å²) in [5.41, 5.74) is 4.11. The van der Waals surface area contributed by atoms with Crippen LogP contribution in [-0.2, 0) is 0 Å². The Hall–Kier alpha value is -1.96. The van der Waals surface area contributed by atoms with Crippen molar-refractivity contribution in [3.63, 3.8) is 0 Å². The second kappa shape index (κ2) is 3.89. The predicted octanol–water partition coefficient (Wildman–Crippen LogP) is 3.38. The van der Waals surface area contributed by atoms with E-state index in [1.54, 1.807) is 12.1 Å². The second-order valence-corrected chi connectivity index (χ2v) is 4.00. The van der Waals surface area contributed by atoms with Crippen LogP contribution in [0.1, 0.15) is 11.1 Å². The minimum Gasteiger partial charge on any atom is -0.508 e. The predicted molar refractivity (Wildman–Crippen MR) is 64.7 cm³/mol. The summed E-state index contributed by atoms with van der Waals surface area (Å²) in [6, 6.07) is 10.7. The quantitative estimate of drug-likeness (QED) is 0.764. The van der Waals surface area contributed by atoms with Crippen LogP contribution >= 0.6 is 0 Å². The van der Waals surface area contributed by atoms with E-state index in [0.717, 1.165) is 11.1 Å². The lowest BCUT2D eigenvalue weighted by Crippen LogP contribution is -1.84. The summed E-state index contributed by atoms with van der Waals surface area (Å²) in [7, 11) is 0. The number of hydrogen-bond donors (Lipinski definition) is 2. The van der Waals surface area contributed by atoms with Crippen molar-refractivity contribution in [3.8, 4) is 22.6 Å². The molecule has 0 aliphatic rings. The Morgan fingerprint density at radius 3 is 2.19 bits per heavy atom. The number of rotatable bonds is 1. The Morgan fingerprint density at radius 2 is 1.56 bits per heavy atom. The molecular formula is C14H14O2. The van der Waals surface area contributed by atoms with Gasteiger partial charge in [0.05, 0.1) is 0 Å². The van der Waals surface area contributed by atoms with E-state index in [0.29, 0.717) is 0 Å². The van der Waals surface area contributed by atoms with Crippen LogP contribution < -0.4 is 0 Å². The molecule has 2 heteroatoms. The first-order chi connectivity index (χ1) is 7.58. The smallest absolute Gasteiger partial charge is 0.127 e. The number of aromatic hydroxyl groups is 2. The van der Waals surface area contributed by atoms with Gasteiger partial charge in [-0.2, -0.15) is 0 Å². The molecule has 2 nitrogen and oxygen atoms in total. The van der Waals surface area contributed by atoms with Gasteiger partial charge in [-0.25, -0.2) is 0 Å². The van der Waals surface area contributed by atoms with E-state index in [9.17, 15) is 10.2 Å². The molecular weight excluding hydrogens is 200 g/mol. The summed E-state index contributed by atoms with van der Waals surface area (Å²) in [6.07, 6.45) is 0. The van der Waals surface area contributed by atoms with Crippen LogP contribution in [0.5, 0.6) is 11.5 Å². The van der Waals surface area contributed by atoms with Crippen LogP contribution in [0.3, 0.4) is 0 Å². The SMILES string of the molecule is Cc1ccc(-c2ccc(O)cc2O)cc1C. The first-order valence-corrected chi connectivity index (χ1v) is 5.17. The normalized spacial score (nSPS) is 10.4.